The number of hydrogen-bond donors (Lipinski definition) is 1. The summed E-state index contributed by atoms with van der Waals surface area (Å²) in [5.41, 5.74) is 5.69. The molecule has 0 atom stereocenters. The van der Waals surface area contributed by atoms with Crippen molar-refractivity contribution >= 4 is 34.6 Å². The number of aromatic nitrogens is 2. The van der Waals surface area contributed by atoms with E-state index < -0.39 is 4.92 Å². The van der Waals surface area contributed by atoms with Crippen LogP contribution in [0.5, 0.6) is 0 Å². The molecular weight excluding hydrogens is 458 g/mol. The quantitative estimate of drug-likeness (QED) is 0.429. The zero-order valence-electron chi connectivity index (χ0n) is 20.7. The van der Waals surface area contributed by atoms with Crippen molar-refractivity contribution < 1.29 is 9.72 Å². The Kier molecular flexibility index (Phi) is 6.27. The van der Waals surface area contributed by atoms with Crippen LogP contribution in [0.15, 0.2) is 42.6 Å². The maximum atomic E-state index is 13.2. The predicted molar refractivity (Wildman–Crippen MR) is 139 cm³/mol. The minimum absolute atomic E-state index is 0.0427. The molecule has 5 rings (SSSR count). The van der Waals surface area contributed by atoms with Crippen LogP contribution in [0.1, 0.15) is 27.2 Å². The first-order valence-corrected chi connectivity index (χ1v) is 12.0. The van der Waals surface area contributed by atoms with Crippen molar-refractivity contribution in [2.45, 2.75) is 20.3 Å². The summed E-state index contributed by atoms with van der Waals surface area (Å²) < 4.78 is 0. The fourth-order valence-corrected chi connectivity index (χ4v) is 4.81. The summed E-state index contributed by atoms with van der Waals surface area (Å²) in [4.78, 5) is 39.3. The highest BCUT2D eigenvalue weighted by Crippen LogP contribution is 2.31. The molecule has 1 fully saturated rings. The summed E-state index contributed by atoms with van der Waals surface area (Å²) in [5.74, 6) is 0.187. The van der Waals surface area contributed by atoms with Gasteiger partial charge in [-0.15, -0.1) is 0 Å². The van der Waals surface area contributed by atoms with Crippen LogP contribution in [-0.2, 0) is 6.42 Å². The van der Waals surface area contributed by atoms with E-state index in [0.717, 1.165) is 37.4 Å². The molecule has 3 aromatic rings. The maximum absolute atomic E-state index is 13.2. The van der Waals surface area contributed by atoms with Crippen LogP contribution >= 0.6 is 0 Å². The molecule has 0 unspecified atom stereocenters. The van der Waals surface area contributed by atoms with Gasteiger partial charge in [-0.25, -0.2) is 9.97 Å². The van der Waals surface area contributed by atoms with E-state index in [1.54, 1.807) is 11.0 Å². The zero-order valence-corrected chi connectivity index (χ0v) is 20.7. The Morgan fingerprint density at radius 2 is 1.75 bits per heavy atom. The maximum Gasteiger partial charge on any atom is 0.271 e. The molecule has 1 amide bonds. The van der Waals surface area contributed by atoms with Gasteiger partial charge in [0.1, 0.15) is 0 Å². The number of nitrogens with one attached hydrogen (secondary N) is 1. The van der Waals surface area contributed by atoms with Crippen LogP contribution < -0.4 is 15.1 Å². The number of non-ortho nitro benzene ring substituents is 1. The van der Waals surface area contributed by atoms with Gasteiger partial charge in [-0.2, -0.15) is 0 Å². The number of anilines is 4. The van der Waals surface area contributed by atoms with E-state index in [0.29, 0.717) is 35.9 Å². The van der Waals surface area contributed by atoms with E-state index >= 15 is 0 Å². The molecule has 2 aromatic carbocycles. The van der Waals surface area contributed by atoms with Gasteiger partial charge in [0.25, 0.3) is 11.6 Å². The Balaban J connectivity index is 1.33. The predicted octanol–water partition coefficient (Wildman–Crippen LogP) is 3.70. The van der Waals surface area contributed by atoms with Crippen LogP contribution in [0.4, 0.5) is 28.7 Å². The summed E-state index contributed by atoms with van der Waals surface area (Å²) >= 11 is 0. The summed E-state index contributed by atoms with van der Waals surface area (Å²) in [7, 11) is 2.15. The molecule has 0 spiro atoms. The van der Waals surface area contributed by atoms with E-state index in [1.807, 2.05) is 13.0 Å². The summed E-state index contributed by atoms with van der Waals surface area (Å²) in [6, 6.07) is 10.8. The monoisotopic (exact) mass is 487 g/mol. The first-order chi connectivity index (χ1) is 17.3. The lowest BCUT2D eigenvalue weighted by Gasteiger charge is -2.35. The van der Waals surface area contributed by atoms with E-state index in [2.05, 4.69) is 51.2 Å². The van der Waals surface area contributed by atoms with Gasteiger partial charge in [0, 0.05) is 68.8 Å². The number of nitrogens with zero attached hydrogens (tertiary/aromatic N) is 6. The van der Waals surface area contributed by atoms with Crippen molar-refractivity contribution in [1.29, 1.82) is 0 Å². The molecule has 0 radical (unpaired) electrons. The molecule has 1 aromatic heterocycles. The Morgan fingerprint density at radius 1 is 0.972 bits per heavy atom. The van der Waals surface area contributed by atoms with Gasteiger partial charge in [0.05, 0.1) is 21.9 Å². The van der Waals surface area contributed by atoms with E-state index in [1.165, 1.54) is 29.6 Å². The lowest BCUT2D eigenvalue weighted by atomic mass is 10.0. The van der Waals surface area contributed by atoms with Crippen molar-refractivity contribution in [1.82, 2.24) is 14.9 Å². The van der Waals surface area contributed by atoms with Gasteiger partial charge in [-0.05, 0) is 50.2 Å². The molecule has 1 saturated heterocycles. The first kappa shape index (κ1) is 23.7. The molecule has 1 N–H and O–H groups in total. The molecular formula is C26H29N7O3. The average Bonchev–Trinajstić information content (AvgIpc) is 2.85. The number of amides is 1. The third-order valence-corrected chi connectivity index (χ3v) is 6.91. The Morgan fingerprint density at radius 3 is 2.47 bits per heavy atom. The van der Waals surface area contributed by atoms with E-state index in [-0.39, 0.29) is 11.6 Å². The highest BCUT2D eigenvalue weighted by atomic mass is 16.6. The number of aryl methyl sites for hydroxylation is 2. The molecule has 3 heterocycles. The summed E-state index contributed by atoms with van der Waals surface area (Å²) in [6.07, 6.45) is 2.07. The van der Waals surface area contributed by atoms with E-state index in [4.69, 9.17) is 0 Å². The number of carbonyl (C=O) groups excluding carboxylic acids is 1. The van der Waals surface area contributed by atoms with Crippen molar-refractivity contribution in [3.05, 3.63) is 75.1 Å². The molecule has 36 heavy (non-hydrogen) atoms. The fraction of sp³-hybridized carbons (Fsp3) is 0.346. The number of fused-ring (bicyclic) bond motifs is 1. The fourth-order valence-electron chi connectivity index (χ4n) is 4.81. The zero-order chi connectivity index (χ0) is 25.4. The Labute approximate surface area is 209 Å². The number of rotatable bonds is 5. The van der Waals surface area contributed by atoms with Crippen molar-refractivity contribution in [2.24, 2.45) is 0 Å². The molecule has 0 bridgehead atoms. The number of nitro benzene ring substituents is 1. The number of likely N-dealkylation sites (N-methyl/N-ethyl adjacent to an activating group) is 1. The van der Waals surface area contributed by atoms with Gasteiger partial charge in [0.15, 0.2) is 0 Å². The summed E-state index contributed by atoms with van der Waals surface area (Å²) in [6.45, 7) is 8.47. The third-order valence-electron chi connectivity index (χ3n) is 6.91. The second-order valence-corrected chi connectivity index (χ2v) is 9.41. The van der Waals surface area contributed by atoms with Crippen LogP contribution in [0.25, 0.3) is 0 Å². The van der Waals surface area contributed by atoms with Crippen LogP contribution in [0.2, 0.25) is 0 Å². The van der Waals surface area contributed by atoms with Crippen molar-refractivity contribution in [3.8, 4) is 0 Å². The number of nitro groups is 1. The largest absolute Gasteiger partial charge is 0.369 e. The van der Waals surface area contributed by atoms with Crippen LogP contribution in [0.3, 0.4) is 0 Å². The van der Waals surface area contributed by atoms with Crippen LogP contribution in [0, 0.1) is 24.0 Å². The van der Waals surface area contributed by atoms with Crippen LogP contribution in [-0.4, -0.2) is 65.5 Å². The molecule has 10 heteroatoms. The molecule has 186 valence electrons. The van der Waals surface area contributed by atoms with Gasteiger partial charge in [-0.3, -0.25) is 14.9 Å². The van der Waals surface area contributed by atoms with Gasteiger partial charge < -0.3 is 20.0 Å². The average molecular weight is 488 g/mol. The minimum atomic E-state index is -0.453. The standard InChI is InChI=1S/C26H29N7O3/c1-17-4-6-20(33(35)36)15-24(17)32-9-8-22-21(25(32)34)16-27-26(29-22)28-19-5-7-23(18(2)14-19)31-12-10-30(3)11-13-31/h4-7,14-16H,8-13H2,1-3H3,(H,27,28,29). The summed E-state index contributed by atoms with van der Waals surface area (Å²) in [5, 5.41) is 14.5. The van der Waals surface area contributed by atoms with Gasteiger partial charge in [0.2, 0.25) is 5.95 Å². The third kappa shape index (κ3) is 4.59. The molecule has 0 saturated carbocycles. The minimum Gasteiger partial charge on any atom is -0.369 e. The normalized spacial score (nSPS) is 16.1. The lowest BCUT2D eigenvalue weighted by molar-refractivity contribution is -0.384. The van der Waals surface area contributed by atoms with Gasteiger partial charge in [-0.1, -0.05) is 6.07 Å². The number of hydrogen-bond acceptors (Lipinski definition) is 8. The molecule has 2 aliphatic rings. The molecule has 0 aliphatic carbocycles. The number of carbonyl (C=O) groups is 1. The van der Waals surface area contributed by atoms with Crippen molar-refractivity contribution in [2.75, 3.05) is 54.9 Å². The SMILES string of the molecule is Cc1cc(Nc2ncc3c(n2)CCN(c2cc([N+](=O)[O-])ccc2C)C3=O)ccc1N1CCN(C)CC1. The lowest BCUT2D eigenvalue weighted by Crippen LogP contribution is -2.44. The topological polar surface area (TPSA) is 108 Å². The van der Waals surface area contributed by atoms with E-state index in [9.17, 15) is 14.9 Å². The number of piperazine rings is 1. The Bertz CT molecular complexity index is 1340. The van der Waals surface area contributed by atoms with Crippen molar-refractivity contribution in [3.63, 3.8) is 0 Å². The highest BCUT2D eigenvalue weighted by molar-refractivity contribution is 6.08. The van der Waals surface area contributed by atoms with Gasteiger partial charge >= 0.3 is 0 Å². The highest BCUT2D eigenvalue weighted by Gasteiger charge is 2.29. The molecule has 2 aliphatic heterocycles. The second-order valence-electron chi connectivity index (χ2n) is 9.41. The Hall–Kier alpha value is -4.05. The first-order valence-electron chi connectivity index (χ1n) is 12.0. The smallest absolute Gasteiger partial charge is 0.271 e. The molecule has 10 nitrogen and oxygen atoms in total. The second kappa shape index (κ2) is 9.54. The number of benzene rings is 2.